The highest BCUT2D eigenvalue weighted by atomic mass is 19.1. The van der Waals surface area contributed by atoms with E-state index >= 15 is 0 Å². The number of benzene rings is 2. The molecule has 0 spiro atoms. The minimum Gasteiger partial charge on any atom is -0.368 e. The third-order valence-electron chi connectivity index (χ3n) is 4.79. The Balaban J connectivity index is 1.37. The lowest BCUT2D eigenvalue weighted by Gasteiger charge is -2.36. The van der Waals surface area contributed by atoms with E-state index in [1.165, 1.54) is 23.3 Å². The van der Waals surface area contributed by atoms with Gasteiger partial charge in [0, 0.05) is 51.4 Å². The molecule has 26 heavy (non-hydrogen) atoms. The van der Waals surface area contributed by atoms with E-state index in [2.05, 4.69) is 41.4 Å². The van der Waals surface area contributed by atoms with Crippen molar-refractivity contribution in [2.75, 3.05) is 37.6 Å². The van der Waals surface area contributed by atoms with Crippen LogP contribution < -0.4 is 10.2 Å². The third-order valence-corrected chi connectivity index (χ3v) is 4.79. The zero-order valence-electron chi connectivity index (χ0n) is 15.2. The van der Waals surface area contributed by atoms with Gasteiger partial charge in [0.05, 0.1) is 0 Å². The van der Waals surface area contributed by atoms with Crippen LogP contribution in [0.4, 0.5) is 10.1 Å². The second-order valence-electron chi connectivity index (χ2n) is 6.76. The maximum Gasteiger partial charge on any atom is 0.223 e. The van der Waals surface area contributed by atoms with Crippen molar-refractivity contribution in [3.8, 4) is 0 Å². The highest BCUT2D eigenvalue weighted by Crippen LogP contribution is 2.17. The molecular weight excluding hydrogens is 329 g/mol. The Kier molecular flexibility index (Phi) is 6.23. The molecule has 2 aromatic carbocycles. The van der Waals surface area contributed by atoms with E-state index in [-0.39, 0.29) is 11.7 Å². The summed E-state index contributed by atoms with van der Waals surface area (Å²) in [5.41, 5.74) is 3.50. The number of rotatable bonds is 6. The van der Waals surface area contributed by atoms with Gasteiger partial charge in [-0.2, -0.15) is 0 Å². The molecule has 0 radical (unpaired) electrons. The molecule has 1 N–H and O–H groups in total. The van der Waals surface area contributed by atoms with Crippen molar-refractivity contribution < 1.29 is 9.18 Å². The summed E-state index contributed by atoms with van der Waals surface area (Å²) in [7, 11) is 0. The van der Waals surface area contributed by atoms with Gasteiger partial charge < -0.3 is 15.1 Å². The van der Waals surface area contributed by atoms with Crippen LogP contribution >= 0.6 is 0 Å². The number of aryl methyl sites for hydroxylation is 1. The fraction of sp³-hybridized carbons (Fsp3) is 0.381. The van der Waals surface area contributed by atoms with Gasteiger partial charge in [-0.1, -0.05) is 29.8 Å². The molecule has 1 saturated heterocycles. The number of piperazine rings is 1. The summed E-state index contributed by atoms with van der Waals surface area (Å²) < 4.78 is 13.0. The van der Waals surface area contributed by atoms with Crippen molar-refractivity contribution in [2.45, 2.75) is 19.9 Å². The molecule has 2 aromatic rings. The van der Waals surface area contributed by atoms with Crippen LogP contribution in [0, 0.1) is 12.7 Å². The van der Waals surface area contributed by atoms with Crippen molar-refractivity contribution in [3.05, 3.63) is 65.5 Å². The predicted molar refractivity (Wildman–Crippen MR) is 103 cm³/mol. The summed E-state index contributed by atoms with van der Waals surface area (Å²) in [4.78, 5) is 16.5. The van der Waals surface area contributed by atoms with E-state index in [4.69, 9.17) is 0 Å². The van der Waals surface area contributed by atoms with Crippen LogP contribution in [0.25, 0.3) is 0 Å². The fourth-order valence-corrected chi connectivity index (χ4v) is 3.16. The second-order valence-corrected chi connectivity index (χ2v) is 6.76. The number of hydrogen-bond acceptors (Lipinski definition) is 3. The predicted octanol–water partition coefficient (Wildman–Crippen LogP) is 2.96. The van der Waals surface area contributed by atoms with Gasteiger partial charge in [0.15, 0.2) is 0 Å². The standard InChI is InChI=1S/C21H26FN3O/c1-17-2-4-18(5-3-17)16-23-11-10-21(26)25-14-12-24(13-15-25)20-8-6-19(22)7-9-20/h2-9,23H,10-16H2,1H3. The number of anilines is 1. The molecule has 0 aromatic heterocycles. The Bertz CT molecular complexity index is 707. The summed E-state index contributed by atoms with van der Waals surface area (Å²) in [6.07, 6.45) is 0.516. The molecule has 0 bridgehead atoms. The average Bonchev–Trinajstić information content (AvgIpc) is 2.67. The molecule has 0 aliphatic carbocycles. The maximum absolute atomic E-state index is 13.0. The van der Waals surface area contributed by atoms with E-state index in [9.17, 15) is 9.18 Å². The molecule has 1 aliphatic heterocycles. The monoisotopic (exact) mass is 355 g/mol. The van der Waals surface area contributed by atoms with Crippen molar-refractivity contribution in [1.29, 1.82) is 0 Å². The van der Waals surface area contributed by atoms with Gasteiger partial charge in [-0.15, -0.1) is 0 Å². The lowest BCUT2D eigenvalue weighted by atomic mass is 10.1. The zero-order valence-corrected chi connectivity index (χ0v) is 15.2. The van der Waals surface area contributed by atoms with Crippen LogP contribution in [0.5, 0.6) is 0 Å². The number of hydrogen-bond donors (Lipinski definition) is 1. The molecule has 1 amide bonds. The summed E-state index contributed by atoms with van der Waals surface area (Å²) in [5, 5.41) is 3.34. The van der Waals surface area contributed by atoms with Gasteiger partial charge in [0.1, 0.15) is 5.82 Å². The van der Waals surface area contributed by atoms with Crippen LogP contribution in [0.1, 0.15) is 17.5 Å². The molecule has 1 fully saturated rings. The summed E-state index contributed by atoms with van der Waals surface area (Å²) in [5.74, 6) is -0.0270. The smallest absolute Gasteiger partial charge is 0.223 e. The average molecular weight is 355 g/mol. The Hall–Kier alpha value is -2.40. The van der Waals surface area contributed by atoms with Gasteiger partial charge in [0.25, 0.3) is 0 Å². The number of carbonyl (C=O) groups excluding carboxylic acids is 1. The first-order valence-electron chi connectivity index (χ1n) is 9.16. The first-order chi connectivity index (χ1) is 12.6. The van der Waals surface area contributed by atoms with Gasteiger partial charge in [-0.05, 0) is 36.8 Å². The Morgan fingerprint density at radius 3 is 2.31 bits per heavy atom. The van der Waals surface area contributed by atoms with Gasteiger partial charge in [-0.25, -0.2) is 4.39 Å². The number of halogens is 1. The van der Waals surface area contributed by atoms with Crippen molar-refractivity contribution in [1.82, 2.24) is 10.2 Å². The van der Waals surface area contributed by atoms with Crippen LogP contribution in [0.3, 0.4) is 0 Å². The van der Waals surface area contributed by atoms with E-state index in [1.54, 1.807) is 12.1 Å². The minimum absolute atomic E-state index is 0.195. The first kappa shape index (κ1) is 18.4. The third kappa shape index (κ3) is 5.05. The van der Waals surface area contributed by atoms with Crippen LogP contribution in [0.2, 0.25) is 0 Å². The second kappa shape index (κ2) is 8.81. The van der Waals surface area contributed by atoms with Gasteiger partial charge >= 0.3 is 0 Å². The summed E-state index contributed by atoms with van der Waals surface area (Å²) >= 11 is 0. The van der Waals surface area contributed by atoms with Crippen molar-refractivity contribution in [3.63, 3.8) is 0 Å². The quantitative estimate of drug-likeness (QED) is 0.810. The molecule has 4 nitrogen and oxygen atoms in total. The highest BCUT2D eigenvalue weighted by molar-refractivity contribution is 5.76. The lowest BCUT2D eigenvalue weighted by molar-refractivity contribution is -0.131. The molecular formula is C21H26FN3O. The Morgan fingerprint density at radius 2 is 1.65 bits per heavy atom. The van der Waals surface area contributed by atoms with E-state index in [0.29, 0.717) is 26.1 Å². The number of nitrogens with zero attached hydrogens (tertiary/aromatic N) is 2. The van der Waals surface area contributed by atoms with Crippen molar-refractivity contribution >= 4 is 11.6 Å². The minimum atomic E-state index is -0.222. The van der Waals surface area contributed by atoms with Gasteiger partial charge in [-0.3, -0.25) is 4.79 Å². The lowest BCUT2D eigenvalue weighted by Crippen LogP contribution is -2.49. The molecule has 138 valence electrons. The van der Waals surface area contributed by atoms with Crippen LogP contribution in [-0.4, -0.2) is 43.5 Å². The van der Waals surface area contributed by atoms with Crippen molar-refractivity contribution in [2.24, 2.45) is 0 Å². The Morgan fingerprint density at radius 1 is 1.00 bits per heavy atom. The molecule has 0 unspecified atom stereocenters. The number of nitrogens with one attached hydrogen (secondary N) is 1. The normalized spacial score (nSPS) is 14.5. The van der Waals surface area contributed by atoms with E-state index < -0.39 is 0 Å². The SMILES string of the molecule is Cc1ccc(CNCCC(=O)N2CCN(c3ccc(F)cc3)CC2)cc1. The van der Waals surface area contributed by atoms with E-state index in [0.717, 1.165) is 25.3 Å². The maximum atomic E-state index is 13.0. The molecule has 1 aliphatic rings. The topological polar surface area (TPSA) is 35.6 Å². The summed E-state index contributed by atoms with van der Waals surface area (Å²) in [6.45, 7) is 6.55. The largest absolute Gasteiger partial charge is 0.368 e. The molecule has 0 saturated carbocycles. The molecule has 0 atom stereocenters. The number of carbonyl (C=O) groups is 1. The van der Waals surface area contributed by atoms with Crippen LogP contribution in [-0.2, 0) is 11.3 Å². The zero-order chi connectivity index (χ0) is 18.4. The molecule has 3 rings (SSSR count). The molecule has 5 heteroatoms. The Labute approximate surface area is 154 Å². The first-order valence-corrected chi connectivity index (χ1v) is 9.16. The van der Waals surface area contributed by atoms with Crippen LogP contribution in [0.15, 0.2) is 48.5 Å². The van der Waals surface area contributed by atoms with Gasteiger partial charge in [0.2, 0.25) is 5.91 Å². The van der Waals surface area contributed by atoms with E-state index in [1.807, 2.05) is 4.90 Å². The highest BCUT2D eigenvalue weighted by Gasteiger charge is 2.20. The summed E-state index contributed by atoms with van der Waals surface area (Å²) in [6, 6.07) is 15.0. The molecule has 1 heterocycles. The fourth-order valence-electron chi connectivity index (χ4n) is 3.16. The number of amides is 1.